The summed E-state index contributed by atoms with van der Waals surface area (Å²) in [6.07, 6.45) is 6.29. The standard InChI is InChI=1S/C19H26N2O4S/c1-3-4-9-24-10-11-25-16(22)12-21-13(2)20-18-17(19(21)23)14-7-5-6-8-15(14)26-18/h3-12H2,1-2H3. The monoisotopic (exact) mass is 378 g/mol. The number of hydrogen-bond donors (Lipinski definition) is 0. The number of hydrogen-bond acceptors (Lipinski definition) is 6. The van der Waals surface area contributed by atoms with Gasteiger partial charge < -0.3 is 9.47 Å². The Balaban J connectivity index is 1.70. The number of unbranched alkanes of at least 4 members (excludes halogenated alkanes) is 1. The van der Waals surface area contributed by atoms with Crippen LogP contribution in [0.4, 0.5) is 0 Å². The maximum absolute atomic E-state index is 13.0. The Morgan fingerprint density at radius 1 is 1.23 bits per heavy atom. The second-order valence-electron chi connectivity index (χ2n) is 6.63. The van der Waals surface area contributed by atoms with Crippen LogP contribution in [0.3, 0.4) is 0 Å². The van der Waals surface area contributed by atoms with Gasteiger partial charge >= 0.3 is 5.97 Å². The second kappa shape index (κ2) is 8.77. The summed E-state index contributed by atoms with van der Waals surface area (Å²) in [6.45, 7) is 5.03. The third-order valence-corrected chi connectivity index (χ3v) is 5.87. The molecule has 3 rings (SSSR count). The summed E-state index contributed by atoms with van der Waals surface area (Å²) >= 11 is 1.62. The maximum Gasteiger partial charge on any atom is 0.326 e. The van der Waals surface area contributed by atoms with Gasteiger partial charge in [-0.1, -0.05) is 13.3 Å². The van der Waals surface area contributed by atoms with E-state index in [0.29, 0.717) is 24.4 Å². The summed E-state index contributed by atoms with van der Waals surface area (Å²) in [5.41, 5.74) is 1.02. The average molecular weight is 378 g/mol. The first kappa shape index (κ1) is 19.0. The molecule has 142 valence electrons. The first-order chi connectivity index (χ1) is 12.6. The molecule has 0 amide bonds. The molecule has 2 heterocycles. The smallest absolute Gasteiger partial charge is 0.326 e. The van der Waals surface area contributed by atoms with E-state index in [-0.39, 0.29) is 18.7 Å². The minimum absolute atomic E-state index is 0.104. The molecule has 0 radical (unpaired) electrons. The summed E-state index contributed by atoms with van der Waals surface area (Å²) in [5, 5.41) is 0.700. The summed E-state index contributed by atoms with van der Waals surface area (Å²) < 4.78 is 12.0. The van der Waals surface area contributed by atoms with Gasteiger partial charge in [0.2, 0.25) is 0 Å². The SMILES string of the molecule is CCCCOCCOC(=O)Cn1c(C)nc2sc3c(c2c1=O)CCCC3. The number of thiophene rings is 1. The van der Waals surface area contributed by atoms with Crippen molar-refractivity contribution in [2.45, 2.75) is 58.9 Å². The zero-order valence-corrected chi connectivity index (χ0v) is 16.3. The van der Waals surface area contributed by atoms with E-state index >= 15 is 0 Å². The Morgan fingerprint density at radius 2 is 2.04 bits per heavy atom. The molecule has 0 saturated carbocycles. The molecule has 0 atom stereocenters. The molecule has 0 bridgehead atoms. The molecule has 7 heteroatoms. The number of fused-ring (bicyclic) bond motifs is 3. The van der Waals surface area contributed by atoms with Gasteiger partial charge in [0, 0.05) is 11.5 Å². The topological polar surface area (TPSA) is 70.4 Å². The van der Waals surface area contributed by atoms with Crippen LogP contribution in [0.25, 0.3) is 10.2 Å². The Morgan fingerprint density at radius 3 is 2.85 bits per heavy atom. The van der Waals surface area contributed by atoms with Crippen molar-refractivity contribution >= 4 is 27.5 Å². The van der Waals surface area contributed by atoms with E-state index in [1.807, 2.05) is 0 Å². The van der Waals surface area contributed by atoms with E-state index in [4.69, 9.17) is 9.47 Å². The van der Waals surface area contributed by atoms with Crippen LogP contribution < -0.4 is 5.56 Å². The summed E-state index contributed by atoms with van der Waals surface area (Å²) in [5.74, 6) is 0.122. The van der Waals surface area contributed by atoms with E-state index in [0.717, 1.165) is 42.5 Å². The van der Waals surface area contributed by atoms with Crippen LogP contribution in [0.2, 0.25) is 0 Å². The predicted molar refractivity (Wildman–Crippen MR) is 102 cm³/mol. The molecular formula is C19H26N2O4S. The molecule has 6 nitrogen and oxygen atoms in total. The lowest BCUT2D eigenvalue weighted by Gasteiger charge is -2.12. The van der Waals surface area contributed by atoms with Crippen molar-refractivity contribution in [1.29, 1.82) is 0 Å². The minimum Gasteiger partial charge on any atom is -0.462 e. The van der Waals surface area contributed by atoms with E-state index in [1.54, 1.807) is 18.3 Å². The van der Waals surface area contributed by atoms with Crippen molar-refractivity contribution < 1.29 is 14.3 Å². The average Bonchev–Trinajstić information content (AvgIpc) is 2.99. The Bertz CT molecular complexity index is 840. The predicted octanol–water partition coefficient (Wildman–Crippen LogP) is 3.01. The number of carbonyl (C=O) groups is 1. The Kier molecular flexibility index (Phi) is 6.43. The molecule has 0 aliphatic heterocycles. The molecular weight excluding hydrogens is 352 g/mol. The summed E-state index contributed by atoms with van der Waals surface area (Å²) in [4.78, 5) is 31.7. The molecule has 2 aromatic heterocycles. The van der Waals surface area contributed by atoms with Crippen molar-refractivity contribution in [3.05, 3.63) is 26.6 Å². The maximum atomic E-state index is 13.0. The number of aryl methyl sites for hydroxylation is 3. The van der Waals surface area contributed by atoms with Gasteiger partial charge in [0.05, 0.1) is 12.0 Å². The molecule has 1 aliphatic carbocycles. The summed E-state index contributed by atoms with van der Waals surface area (Å²) in [6, 6.07) is 0. The number of esters is 1. The van der Waals surface area contributed by atoms with Crippen LogP contribution in [0.5, 0.6) is 0 Å². The highest BCUT2D eigenvalue weighted by atomic mass is 32.1. The van der Waals surface area contributed by atoms with Crippen LogP contribution >= 0.6 is 11.3 Å². The molecule has 26 heavy (non-hydrogen) atoms. The molecule has 0 saturated heterocycles. The third-order valence-electron chi connectivity index (χ3n) is 4.69. The van der Waals surface area contributed by atoms with E-state index in [1.165, 1.54) is 15.9 Å². The van der Waals surface area contributed by atoms with Gasteiger partial charge in [-0.05, 0) is 44.6 Å². The zero-order chi connectivity index (χ0) is 18.5. The highest BCUT2D eigenvalue weighted by molar-refractivity contribution is 7.18. The van der Waals surface area contributed by atoms with Crippen LogP contribution in [-0.2, 0) is 33.7 Å². The van der Waals surface area contributed by atoms with Gasteiger partial charge in [-0.25, -0.2) is 4.98 Å². The van der Waals surface area contributed by atoms with Crippen molar-refractivity contribution in [3.8, 4) is 0 Å². The molecule has 2 aromatic rings. The summed E-state index contributed by atoms with van der Waals surface area (Å²) in [7, 11) is 0. The van der Waals surface area contributed by atoms with Gasteiger partial charge in [-0.3, -0.25) is 14.2 Å². The quantitative estimate of drug-likeness (QED) is 0.522. The lowest BCUT2D eigenvalue weighted by Crippen LogP contribution is -2.29. The number of rotatable bonds is 8. The second-order valence-corrected chi connectivity index (χ2v) is 7.71. The van der Waals surface area contributed by atoms with E-state index in [9.17, 15) is 9.59 Å². The van der Waals surface area contributed by atoms with Gasteiger partial charge in [0.1, 0.15) is 23.8 Å². The Hall–Kier alpha value is -1.73. The van der Waals surface area contributed by atoms with Gasteiger partial charge in [-0.15, -0.1) is 11.3 Å². The number of nitrogens with zero attached hydrogens (tertiary/aromatic N) is 2. The fraction of sp³-hybridized carbons (Fsp3) is 0.632. The van der Waals surface area contributed by atoms with Crippen LogP contribution in [0.15, 0.2) is 4.79 Å². The lowest BCUT2D eigenvalue weighted by molar-refractivity contribution is -0.146. The fourth-order valence-corrected chi connectivity index (χ4v) is 4.56. The third kappa shape index (κ3) is 4.15. The molecule has 1 aliphatic rings. The van der Waals surface area contributed by atoms with Gasteiger partial charge in [0.25, 0.3) is 5.56 Å². The number of carbonyl (C=O) groups excluding carboxylic acids is 1. The van der Waals surface area contributed by atoms with E-state index < -0.39 is 5.97 Å². The first-order valence-electron chi connectivity index (χ1n) is 9.37. The molecule has 0 N–H and O–H groups in total. The molecule has 0 unspecified atom stereocenters. The van der Waals surface area contributed by atoms with Gasteiger partial charge in [0.15, 0.2) is 0 Å². The molecule has 0 spiro atoms. The van der Waals surface area contributed by atoms with Gasteiger partial charge in [-0.2, -0.15) is 0 Å². The zero-order valence-electron chi connectivity index (χ0n) is 15.5. The highest BCUT2D eigenvalue weighted by Gasteiger charge is 2.22. The van der Waals surface area contributed by atoms with E-state index in [2.05, 4.69) is 11.9 Å². The van der Waals surface area contributed by atoms with Crippen LogP contribution in [-0.4, -0.2) is 35.3 Å². The van der Waals surface area contributed by atoms with Crippen molar-refractivity contribution in [2.75, 3.05) is 19.8 Å². The fourth-order valence-electron chi connectivity index (χ4n) is 3.26. The van der Waals surface area contributed by atoms with Crippen molar-refractivity contribution in [1.82, 2.24) is 9.55 Å². The molecule has 0 fully saturated rings. The van der Waals surface area contributed by atoms with Crippen LogP contribution in [0, 0.1) is 6.92 Å². The molecule has 0 aromatic carbocycles. The minimum atomic E-state index is -0.431. The number of ether oxygens (including phenoxy) is 2. The number of aromatic nitrogens is 2. The Labute approximate surface area is 157 Å². The van der Waals surface area contributed by atoms with Crippen LogP contribution in [0.1, 0.15) is 48.9 Å². The van der Waals surface area contributed by atoms with Crippen molar-refractivity contribution in [3.63, 3.8) is 0 Å². The largest absolute Gasteiger partial charge is 0.462 e. The highest BCUT2D eigenvalue weighted by Crippen LogP contribution is 2.33. The first-order valence-corrected chi connectivity index (χ1v) is 10.2. The van der Waals surface area contributed by atoms with Crippen molar-refractivity contribution in [2.24, 2.45) is 0 Å². The normalized spacial score (nSPS) is 13.8. The lowest BCUT2D eigenvalue weighted by atomic mass is 9.97.